The van der Waals surface area contributed by atoms with E-state index >= 15 is 0 Å². The molecule has 0 fully saturated rings. The summed E-state index contributed by atoms with van der Waals surface area (Å²) < 4.78 is 2.50. The van der Waals surface area contributed by atoms with Crippen LogP contribution in [0.3, 0.4) is 0 Å². The summed E-state index contributed by atoms with van der Waals surface area (Å²) in [5, 5.41) is 6.45. The third-order valence-corrected chi connectivity index (χ3v) is 10.6. The normalized spacial score (nSPS) is 18.2. The molecule has 1 unspecified atom stereocenters. The molecule has 6 aromatic rings. The van der Waals surface area contributed by atoms with Crippen molar-refractivity contribution in [1.82, 2.24) is 5.32 Å². The third-order valence-electron chi connectivity index (χ3n) is 10.6. The maximum Gasteiger partial charge on any atom is 0.289 e. The van der Waals surface area contributed by atoms with Crippen LogP contribution in [0.15, 0.2) is 127 Å². The van der Waals surface area contributed by atoms with Crippen LogP contribution in [0.4, 0.5) is 5.69 Å². The Morgan fingerprint density at radius 2 is 1.07 bits per heavy atom. The van der Waals surface area contributed by atoms with Gasteiger partial charge in [0.15, 0.2) is 0 Å². The van der Waals surface area contributed by atoms with Crippen molar-refractivity contribution in [3.63, 3.8) is 0 Å². The minimum absolute atomic E-state index is 0.0351. The van der Waals surface area contributed by atoms with Crippen LogP contribution < -0.4 is 5.32 Å². The highest BCUT2D eigenvalue weighted by Crippen LogP contribution is 2.51. The monoisotopic (exact) mass is 567 g/mol. The Balaban J connectivity index is 1.21. The van der Waals surface area contributed by atoms with Gasteiger partial charge in [-0.2, -0.15) is 4.58 Å². The van der Waals surface area contributed by atoms with E-state index in [0.717, 1.165) is 5.84 Å². The van der Waals surface area contributed by atoms with Gasteiger partial charge in [-0.3, -0.25) is 0 Å². The smallest absolute Gasteiger partial charge is 0.229 e. The standard InChI is InChI=1S/C42H34N2/c1-41(2)35-15-9-7-13-31(35)33-21-18-28(24-37(33)41)39-43-40(44(39)30-20-17-26-11-5-6-12-27(26)23-30)29-19-22-34-32-14-8-10-16-36(32)42(3,4)38(34)25-29/h5-25,39H,1-4H3/p+1. The Morgan fingerprint density at radius 1 is 0.500 bits per heavy atom. The van der Waals surface area contributed by atoms with E-state index in [9.17, 15) is 0 Å². The quantitative estimate of drug-likeness (QED) is 0.210. The zero-order valence-corrected chi connectivity index (χ0v) is 25.6. The van der Waals surface area contributed by atoms with Gasteiger partial charge in [0.2, 0.25) is 0 Å². The molecule has 0 bridgehead atoms. The predicted molar refractivity (Wildman–Crippen MR) is 182 cm³/mol. The zero-order valence-electron chi connectivity index (χ0n) is 25.6. The summed E-state index contributed by atoms with van der Waals surface area (Å²) >= 11 is 0. The van der Waals surface area contributed by atoms with Gasteiger partial charge in [0.25, 0.3) is 12.0 Å². The van der Waals surface area contributed by atoms with Gasteiger partial charge in [-0.05, 0) is 91.7 Å². The Kier molecular flexibility index (Phi) is 5.11. The number of amidine groups is 1. The number of fused-ring (bicyclic) bond motifs is 7. The van der Waals surface area contributed by atoms with Gasteiger partial charge in [0.1, 0.15) is 5.69 Å². The molecule has 1 atom stereocenters. The van der Waals surface area contributed by atoms with Crippen LogP contribution in [0, 0.1) is 0 Å². The molecule has 212 valence electrons. The van der Waals surface area contributed by atoms with Crippen LogP contribution in [-0.2, 0) is 10.8 Å². The van der Waals surface area contributed by atoms with Crippen molar-refractivity contribution in [1.29, 1.82) is 0 Å². The first-order chi connectivity index (χ1) is 21.3. The largest absolute Gasteiger partial charge is 0.289 e. The van der Waals surface area contributed by atoms with Crippen LogP contribution in [0.5, 0.6) is 0 Å². The fourth-order valence-electron chi connectivity index (χ4n) is 8.13. The molecule has 44 heavy (non-hydrogen) atoms. The van der Waals surface area contributed by atoms with Gasteiger partial charge in [-0.25, -0.2) is 5.32 Å². The van der Waals surface area contributed by atoms with E-state index < -0.39 is 0 Å². The lowest BCUT2D eigenvalue weighted by Crippen LogP contribution is -2.51. The molecule has 2 nitrogen and oxygen atoms in total. The van der Waals surface area contributed by atoms with Crippen molar-refractivity contribution >= 4 is 22.3 Å². The van der Waals surface area contributed by atoms with Crippen LogP contribution in [0.25, 0.3) is 33.0 Å². The van der Waals surface area contributed by atoms with Gasteiger partial charge in [-0.15, -0.1) is 0 Å². The van der Waals surface area contributed by atoms with Crippen molar-refractivity contribution < 1.29 is 4.58 Å². The van der Waals surface area contributed by atoms with Gasteiger partial charge >= 0.3 is 0 Å². The summed E-state index contributed by atoms with van der Waals surface area (Å²) in [6.07, 6.45) is 0.0365. The minimum atomic E-state index is -0.0417. The number of rotatable bonds is 3. The molecule has 2 aliphatic carbocycles. The Hall–Kier alpha value is -4.95. The fraction of sp³-hybridized carbons (Fsp3) is 0.167. The second-order valence-electron chi connectivity index (χ2n) is 13.7. The van der Waals surface area contributed by atoms with Gasteiger partial charge in [0.05, 0.1) is 5.56 Å². The summed E-state index contributed by atoms with van der Waals surface area (Å²) in [4.78, 5) is 0. The van der Waals surface area contributed by atoms with Crippen LogP contribution >= 0.6 is 0 Å². The second-order valence-corrected chi connectivity index (χ2v) is 13.7. The molecular weight excluding hydrogens is 532 g/mol. The van der Waals surface area contributed by atoms with E-state index in [0.29, 0.717) is 0 Å². The molecule has 0 spiro atoms. The van der Waals surface area contributed by atoms with Crippen molar-refractivity contribution in [2.75, 3.05) is 0 Å². The first kappa shape index (κ1) is 25.5. The SMILES string of the molecule is CC1(C)c2ccccc2-c2ccc(C3=[N+](c4ccc5ccccc5c4)C(c4ccc5c(c4)C(C)(C)c4ccccc4-5)N3)cc21. The number of benzene rings is 6. The highest BCUT2D eigenvalue weighted by molar-refractivity contribution is 6.00. The van der Waals surface area contributed by atoms with E-state index in [1.54, 1.807) is 0 Å². The predicted octanol–water partition coefficient (Wildman–Crippen LogP) is 9.85. The summed E-state index contributed by atoms with van der Waals surface area (Å²) in [5.41, 5.74) is 14.7. The first-order valence-corrected chi connectivity index (χ1v) is 15.7. The van der Waals surface area contributed by atoms with E-state index in [1.807, 2.05) is 0 Å². The van der Waals surface area contributed by atoms with Gasteiger partial charge < -0.3 is 0 Å². The number of nitrogens with zero attached hydrogens (tertiary/aromatic N) is 1. The van der Waals surface area contributed by atoms with Crippen molar-refractivity contribution in [2.24, 2.45) is 0 Å². The van der Waals surface area contributed by atoms with Gasteiger partial charge in [0, 0.05) is 16.4 Å². The summed E-state index contributed by atoms with van der Waals surface area (Å²) in [7, 11) is 0. The van der Waals surface area contributed by atoms with E-state index in [-0.39, 0.29) is 17.0 Å². The molecule has 1 heterocycles. The Bertz CT molecular complexity index is 2210. The van der Waals surface area contributed by atoms with Gasteiger partial charge in [-0.1, -0.05) is 119 Å². The van der Waals surface area contributed by atoms with Crippen LogP contribution in [0.2, 0.25) is 0 Å². The van der Waals surface area contributed by atoms with E-state index in [4.69, 9.17) is 0 Å². The molecule has 0 amide bonds. The van der Waals surface area contributed by atoms with E-state index in [2.05, 4.69) is 165 Å². The second kappa shape index (κ2) is 8.80. The maximum absolute atomic E-state index is 3.93. The molecule has 2 heteroatoms. The highest BCUT2D eigenvalue weighted by Gasteiger charge is 2.44. The third kappa shape index (κ3) is 3.40. The van der Waals surface area contributed by atoms with Crippen molar-refractivity contribution in [2.45, 2.75) is 44.7 Å². The molecule has 0 saturated heterocycles. The topological polar surface area (TPSA) is 15.0 Å². The summed E-state index contributed by atoms with van der Waals surface area (Å²) in [6, 6.07) is 47.4. The Morgan fingerprint density at radius 3 is 1.77 bits per heavy atom. The lowest BCUT2D eigenvalue weighted by atomic mass is 9.81. The fourth-order valence-corrected chi connectivity index (χ4v) is 8.13. The minimum Gasteiger partial charge on any atom is -0.229 e. The summed E-state index contributed by atoms with van der Waals surface area (Å²) in [6.45, 7) is 9.43. The Labute approximate surface area is 259 Å². The molecule has 3 aliphatic rings. The molecule has 1 N–H and O–H groups in total. The number of nitrogens with one attached hydrogen (secondary N) is 1. The molecule has 9 rings (SSSR count). The number of hydrogen-bond donors (Lipinski definition) is 1. The van der Waals surface area contributed by atoms with Crippen molar-refractivity contribution in [3.05, 3.63) is 161 Å². The molecule has 6 aromatic carbocycles. The number of hydrogen-bond acceptors (Lipinski definition) is 1. The lowest BCUT2D eigenvalue weighted by Gasteiger charge is -2.31. The zero-order chi connectivity index (χ0) is 29.8. The highest BCUT2D eigenvalue weighted by atomic mass is 15.3. The molecule has 0 radical (unpaired) electrons. The molecule has 0 aromatic heterocycles. The summed E-state index contributed by atoms with van der Waals surface area (Å²) in [5.74, 6) is 1.16. The average Bonchev–Trinajstić information content (AvgIpc) is 3.40. The molecule has 1 aliphatic heterocycles. The molecule has 0 saturated carbocycles. The maximum atomic E-state index is 3.93. The van der Waals surface area contributed by atoms with Crippen LogP contribution in [0.1, 0.15) is 67.2 Å². The average molecular weight is 568 g/mol. The van der Waals surface area contributed by atoms with Crippen molar-refractivity contribution in [3.8, 4) is 22.3 Å². The first-order valence-electron chi connectivity index (χ1n) is 15.7. The lowest BCUT2D eigenvalue weighted by molar-refractivity contribution is -0.531. The van der Waals surface area contributed by atoms with E-state index in [1.165, 1.54) is 72.1 Å². The van der Waals surface area contributed by atoms with Crippen LogP contribution in [-0.4, -0.2) is 10.4 Å². The molecular formula is C42H35N2+.